The van der Waals surface area contributed by atoms with Gasteiger partial charge in [-0.1, -0.05) is 19.8 Å². The van der Waals surface area contributed by atoms with Crippen LogP contribution in [-0.4, -0.2) is 31.7 Å². The average molecular weight is 245 g/mol. The average Bonchev–Trinajstić information content (AvgIpc) is 2.25. The third-order valence-electron chi connectivity index (χ3n) is 2.08. The lowest BCUT2D eigenvalue weighted by Crippen LogP contribution is -2.31. The summed E-state index contributed by atoms with van der Waals surface area (Å²) in [6.07, 6.45) is -6.85. The van der Waals surface area contributed by atoms with Gasteiger partial charge in [-0.3, -0.25) is 0 Å². The lowest BCUT2D eigenvalue weighted by molar-refractivity contribution is -0.251. The number of ether oxygens (including phenoxy) is 1. The monoisotopic (exact) mass is 245 g/mol. The fraction of sp³-hybridized carbons (Fsp3) is 1.00. The largest absolute Gasteiger partial charge is 0.355 e. The van der Waals surface area contributed by atoms with Crippen LogP contribution < -0.4 is 0 Å². The molecule has 0 aliphatic heterocycles. The molecule has 0 saturated carbocycles. The summed E-state index contributed by atoms with van der Waals surface area (Å²) in [5.74, 6) is 0. The zero-order chi connectivity index (χ0) is 12.6. The maximum Gasteiger partial charge on any atom is 0.355 e. The van der Waals surface area contributed by atoms with Crippen LogP contribution in [0.1, 0.15) is 32.6 Å². The number of hydrogen-bond acceptors (Lipinski definition) is 1. The van der Waals surface area contributed by atoms with E-state index in [4.69, 9.17) is 0 Å². The molecule has 0 aliphatic carbocycles. The van der Waals surface area contributed by atoms with Gasteiger partial charge in [0.2, 0.25) is 0 Å². The Labute approximate surface area is 92.6 Å². The van der Waals surface area contributed by atoms with Crippen molar-refractivity contribution in [3.05, 3.63) is 0 Å². The highest BCUT2D eigenvalue weighted by atomic mass is 19.3. The summed E-state index contributed by atoms with van der Waals surface area (Å²) in [6.45, 7) is -0.507. The fourth-order valence-electron chi connectivity index (χ4n) is 1.06. The molecule has 2 atom stereocenters. The fourth-order valence-corrected chi connectivity index (χ4v) is 1.06. The Hall–Kier alpha value is -0.360. The molecular weight excluding hydrogens is 228 g/mol. The smallest absolute Gasteiger partial charge is 0.317 e. The van der Waals surface area contributed by atoms with Crippen LogP contribution in [0.5, 0.6) is 0 Å². The molecule has 0 aromatic rings. The number of halogens is 4. The standard InChI is InChI=1S/C10H17F4O2/c1-2-3-4-5-10(13,14)16-7-9(12)8(11)6-15/h8-9H,2-7H2,1H3. The third-order valence-corrected chi connectivity index (χ3v) is 2.08. The molecule has 6 heteroatoms. The van der Waals surface area contributed by atoms with Crippen molar-refractivity contribution < 1.29 is 27.4 Å². The Morgan fingerprint density at radius 2 is 1.81 bits per heavy atom. The van der Waals surface area contributed by atoms with E-state index in [1.54, 1.807) is 0 Å². The molecule has 0 bridgehead atoms. The second-order valence-corrected chi connectivity index (χ2v) is 3.60. The van der Waals surface area contributed by atoms with Crippen molar-refractivity contribution >= 4 is 0 Å². The van der Waals surface area contributed by atoms with Crippen LogP contribution in [0.15, 0.2) is 0 Å². The predicted octanol–water partition coefficient (Wildman–Crippen LogP) is 3.28. The van der Waals surface area contributed by atoms with Gasteiger partial charge in [0.15, 0.2) is 12.3 Å². The Bertz CT molecular complexity index is 178. The van der Waals surface area contributed by atoms with Gasteiger partial charge in [-0.25, -0.2) is 13.9 Å². The van der Waals surface area contributed by atoms with Gasteiger partial charge < -0.3 is 4.74 Å². The van der Waals surface area contributed by atoms with Gasteiger partial charge in [0.25, 0.3) is 0 Å². The lowest BCUT2D eigenvalue weighted by Gasteiger charge is -2.18. The van der Waals surface area contributed by atoms with Crippen molar-refractivity contribution in [1.29, 1.82) is 0 Å². The van der Waals surface area contributed by atoms with Crippen LogP contribution >= 0.6 is 0 Å². The van der Waals surface area contributed by atoms with E-state index in [-0.39, 0.29) is 6.42 Å². The van der Waals surface area contributed by atoms with Gasteiger partial charge in [-0.05, 0) is 6.42 Å². The predicted molar refractivity (Wildman–Crippen MR) is 50.4 cm³/mol. The zero-order valence-electron chi connectivity index (χ0n) is 9.23. The van der Waals surface area contributed by atoms with Crippen LogP contribution in [0, 0.1) is 0 Å². The minimum absolute atomic E-state index is 0.265. The van der Waals surface area contributed by atoms with Crippen LogP contribution in [0.4, 0.5) is 17.6 Å². The van der Waals surface area contributed by atoms with E-state index in [1.807, 2.05) is 6.92 Å². The van der Waals surface area contributed by atoms with E-state index in [0.29, 0.717) is 6.42 Å². The summed E-state index contributed by atoms with van der Waals surface area (Å²) in [6, 6.07) is 0. The summed E-state index contributed by atoms with van der Waals surface area (Å²) in [7, 11) is 0. The summed E-state index contributed by atoms with van der Waals surface area (Å²) >= 11 is 0. The van der Waals surface area contributed by atoms with Gasteiger partial charge >= 0.3 is 6.11 Å². The molecule has 0 saturated heterocycles. The highest BCUT2D eigenvalue weighted by Crippen LogP contribution is 2.24. The molecular formula is C10H17F4O2. The van der Waals surface area contributed by atoms with Crippen LogP contribution in [0.25, 0.3) is 0 Å². The molecule has 0 fully saturated rings. The van der Waals surface area contributed by atoms with Crippen LogP contribution in [0.2, 0.25) is 0 Å². The molecule has 0 heterocycles. The van der Waals surface area contributed by atoms with Gasteiger partial charge in [0, 0.05) is 6.42 Å². The Morgan fingerprint density at radius 3 is 2.31 bits per heavy atom. The number of alkyl halides is 4. The second kappa shape index (κ2) is 7.84. The molecule has 2 unspecified atom stereocenters. The van der Waals surface area contributed by atoms with E-state index in [0.717, 1.165) is 6.42 Å². The summed E-state index contributed by atoms with van der Waals surface area (Å²) < 4.78 is 54.8. The van der Waals surface area contributed by atoms with E-state index in [1.165, 1.54) is 0 Å². The molecule has 2 nitrogen and oxygen atoms in total. The lowest BCUT2D eigenvalue weighted by atomic mass is 10.2. The molecule has 0 amide bonds. The maximum absolute atomic E-state index is 12.9. The number of hydrogen-bond donors (Lipinski definition) is 0. The zero-order valence-corrected chi connectivity index (χ0v) is 9.23. The summed E-state index contributed by atoms with van der Waals surface area (Å²) in [4.78, 5) is 0. The Morgan fingerprint density at radius 1 is 1.19 bits per heavy atom. The quantitative estimate of drug-likeness (QED) is 0.452. The first-order valence-electron chi connectivity index (χ1n) is 5.31. The molecule has 0 aromatic carbocycles. The van der Waals surface area contributed by atoms with Crippen molar-refractivity contribution in [2.24, 2.45) is 0 Å². The Kier molecular flexibility index (Phi) is 7.66. The van der Waals surface area contributed by atoms with Crippen LogP contribution in [-0.2, 0) is 9.84 Å². The maximum atomic E-state index is 12.9. The van der Waals surface area contributed by atoms with E-state index < -0.39 is 38.1 Å². The topological polar surface area (TPSA) is 29.1 Å². The molecule has 0 aromatic heterocycles. The van der Waals surface area contributed by atoms with E-state index in [9.17, 15) is 22.7 Å². The summed E-state index contributed by atoms with van der Waals surface area (Å²) in [5, 5.41) is 9.95. The first-order valence-corrected chi connectivity index (χ1v) is 5.31. The SMILES string of the molecule is CCCCCC(F)(F)OCC(F)C(F)C[O]. The molecule has 0 aliphatic rings. The Balaban J connectivity index is 3.79. The number of rotatable bonds is 9. The van der Waals surface area contributed by atoms with Crippen molar-refractivity contribution in [3.8, 4) is 0 Å². The molecule has 16 heavy (non-hydrogen) atoms. The van der Waals surface area contributed by atoms with Crippen molar-refractivity contribution in [2.75, 3.05) is 13.2 Å². The third kappa shape index (κ3) is 7.00. The summed E-state index contributed by atoms with van der Waals surface area (Å²) in [5.41, 5.74) is 0. The molecule has 97 valence electrons. The highest BCUT2D eigenvalue weighted by Gasteiger charge is 2.32. The number of unbranched alkanes of at least 4 members (excludes halogenated alkanes) is 2. The minimum atomic E-state index is -3.44. The second-order valence-electron chi connectivity index (χ2n) is 3.60. The van der Waals surface area contributed by atoms with Gasteiger partial charge in [0.05, 0.1) is 6.61 Å². The molecule has 0 N–H and O–H groups in total. The van der Waals surface area contributed by atoms with Crippen LogP contribution in [0.3, 0.4) is 0 Å². The molecule has 1 radical (unpaired) electrons. The van der Waals surface area contributed by atoms with Crippen molar-refractivity contribution in [3.63, 3.8) is 0 Å². The highest BCUT2D eigenvalue weighted by molar-refractivity contribution is 4.67. The van der Waals surface area contributed by atoms with E-state index in [2.05, 4.69) is 4.74 Å². The first-order chi connectivity index (χ1) is 7.43. The van der Waals surface area contributed by atoms with Gasteiger partial charge in [-0.2, -0.15) is 8.78 Å². The van der Waals surface area contributed by atoms with E-state index >= 15 is 0 Å². The first kappa shape index (κ1) is 15.6. The van der Waals surface area contributed by atoms with Gasteiger partial charge in [0.1, 0.15) is 6.61 Å². The van der Waals surface area contributed by atoms with Crippen molar-refractivity contribution in [2.45, 2.75) is 51.1 Å². The normalized spacial score (nSPS) is 16.1. The molecule has 0 rings (SSSR count). The van der Waals surface area contributed by atoms with Gasteiger partial charge in [-0.15, -0.1) is 0 Å². The minimum Gasteiger partial charge on any atom is -0.317 e. The van der Waals surface area contributed by atoms with Crippen molar-refractivity contribution in [1.82, 2.24) is 0 Å². The molecule has 0 spiro atoms.